The first kappa shape index (κ1) is 24.6. The Labute approximate surface area is 196 Å². The van der Waals surface area contributed by atoms with Gasteiger partial charge in [-0.15, -0.1) is 0 Å². The molecular formula is C20H13F6N3O5S. The summed E-state index contributed by atoms with van der Waals surface area (Å²) in [7, 11) is 0. The second-order valence-electron chi connectivity index (χ2n) is 7.58. The Balaban J connectivity index is 1.67. The van der Waals surface area contributed by atoms with Crippen LogP contribution in [-0.4, -0.2) is 56.2 Å². The number of alkyl halides is 6. The van der Waals surface area contributed by atoms with Crippen molar-refractivity contribution in [1.29, 1.82) is 0 Å². The van der Waals surface area contributed by atoms with Crippen molar-refractivity contribution >= 4 is 35.4 Å². The summed E-state index contributed by atoms with van der Waals surface area (Å²) >= 11 is -0.417. The quantitative estimate of drug-likeness (QED) is 0.275. The van der Waals surface area contributed by atoms with Gasteiger partial charge in [0.25, 0.3) is 5.91 Å². The first-order valence-corrected chi connectivity index (χ1v) is 10.5. The highest BCUT2D eigenvalue weighted by atomic mass is 32.2. The lowest BCUT2D eigenvalue weighted by Crippen LogP contribution is -2.41. The molecule has 1 aromatic heterocycles. The highest BCUT2D eigenvalue weighted by molar-refractivity contribution is 8.00. The van der Waals surface area contributed by atoms with Crippen LogP contribution in [0.15, 0.2) is 47.6 Å². The molecule has 0 radical (unpaired) electrons. The molecule has 1 aliphatic carbocycles. The normalized spacial score (nSPS) is 22.2. The molecule has 1 spiro atoms. The van der Waals surface area contributed by atoms with Crippen LogP contribution in [0.3, 0.4) is 0 Å². The van der Waals surface area contributed by atoms with Gasteiger partial charge < -0.3 is 14.7 Å². The summed E-state index contributed by atoms with van der Waals surface area (Å²) in [5.74, 6) is -3.93. The fourth-order valence-electron chi connectivity index (χ4n) is 3.71. The summed E-state index contributed by atoms with van der Waals surface area (Å²) < 4.78 is 80.3. The van der Waals surface area contributed by atoms with Gasteiger partial charge in [0, 0.05) is 23.1 Å². The smallest absolute Gasteiger partial charge is 0.490 e. The number of aromatic hydroxyl groups is 1. The van der Waals surface area contributed by atoms with Gasteiger partial charge in [-0.05, 0) is 42.1 Å². The van der Waals surface area contributed by atoms with Crippen molar-refractivity contribution in [3.05, 3.63) is 48.3 Å². The summed E-state index contributed by atoms with van der Waals surface area (Å²) in [6.45, 7) is -0.447. The average Bonchev–Trinajstić information content (AvgIpc) is 3.42. The van der Waals surface area contributed by atoms with E-state index in [9.17, 15) is 45.8 Å². The van der Waals surface area contributed by atoms with E-state index in [2.05, 4.69) is 9.72 Å². The maximum Gasteiger partial charge on any atom is 0.490 e. The highest BCUT2D eigenvalue weighted by Gasteiger charge is 2.75. The highest BCUT2D eigenvalue weighted by Crippen LogP contribution is 2.52. The van der Waals surface area contributed by atoms with Crippen molar-refractivity contribution in [2.24, 2.45) is 0 Å². The topological polar surface area (TPSA) is 100 Å². The number of anilines is 1. The molecule has 2 unspecified atom stereocenters. The summed E-state index contributed by atoms with van der Waals surface area (Å²) in [4.78, 5) is 42.7. The number of urea groups is 1. The minimum absolute atomic E-state index is 0.104. The number of imide groups is 1. The zero-order chi connectivity index (χ0) is 25.8. The molecule has 2 heterocycles. The number of pyridine rings is 1. The Bertz CT molecular complexity index is 1190. The van der Waals surface area contributed by atoms with Crippen molar-refractivity contribution in [2.45, 2.75) is 41.2 Å². The van der Waals surface area contributed by atoms with Gasteiger partial charge in [-0.1, -0.05) is 0 Å². The van der Waals surface area contributed by atoms with E-state index in [1.165, 1.54) is 12.3 Å². The van der Waals surface area contributed by atoms with Crippen LogP contribution in [0.2, 0.25) is 0 Å². The van der Waals surface area contributed by atoms with Crippen molar-refractivity contribution in [3.63, 3.8) is 0 Å². The fourth-order valence-corrected chi connectivity index (χ4v) is 4.25. The van der Waals surface area contributed by atoms with Crippen molar-refractivity contribution in [1.82, 2.24) is 9.88 Å². The number of benzene rings is 1. The maximum atomic E-state index is 13.3. The number of rotatable bonds is 5. The number of amides is 3. The van der Waals surface area contributed by atoms with Crippen LogP contribution in [0.4, 0.5) is 36.8 Å². The lowest BCUT2D eigenvalue weighted by molar-refractivity contribution is -0.202. The molecule has 35 heavy (non-hydrogen) atoms. The zero-order valence-electron chi connectivity index (χ0n) is 17.1. The number of ether oxygens (including phenoxy) is 1. The molecule has 186 valence electrons. The number of carbonyl (C=O) groups is 3. The predicted octanol–water partition coefficient (Wildman–Crippen LogP) is 3.98. The third-order valence-corrected chi connectivity index (χ3v) is 6.11. The molecule has 1 saturated carbocycles. The Morgan fingerprint density at radius 1 is 1.14 bits per heavy atom. The van der Waals surface area contributed by atoms with Crippen molar-refractivity contribution < 1.29 is 50.6 Å². The molecular weight excluding hydrogens is 508 g/mol. The van der Waals surface area contributed by atoms with Crippen LogP contribution in [0.25, 0.3) is 0 Å². The number of hydrogen-bond donors (Lipinski definition) is 1. The Kier molecular flexibility index (Phi) is 5.85. The molecule has 1 aromatic carbocycles. The van der Waals surface area contributed by atoms with Gasteiger partial charge >= 0.3 is 23.7 Å². The van der Waals surface area contributed by atoms with Crippen molar-refractivity contribution in [2.75, 3.05) is 4.90 Å². The Morgan fingerprint density at radius 3 is 2.37 bits per heavy atom. The first-order chi connectivity index (χ1) is 16.2. The van der Waals surface area contributed by atoms with Crippen LogP contribution in [0.1, 0.15) is 12.0 Å². The first-order valence-electron chi connectivity index (χ1n) is 9.65. The SMILES string of the molecule is O=C1N(c2ccc(SC(F)(F)F)cc2)C(=O)C2(CC2OC(=O)C(F)(F)F)N1Cc1ccncc1O. The molecule has 2 atom stereocenters. The molecule has 8 nitrogen and oxygen atoms in total. The van der Waals surface area contributed by atoms with Crippen LogP contribution >= 0.6 is 11.8 Å². The van der Waals surface area contributed by atoms with Crippen LogP contribution < -0.4 is 4.90 Å². The lowest BCUT2D eigenvalue weighted by Gasteiger charge is -2.22. The maximum absolute atomic E-state index is 13.3. The second kappa shape index (κ2) is 8.32. The van der Waals surface area contributed by atoms with Gasteiger partial charge in [0.2, 0.25) is 0 Å². The number of aromatic nitrogens is 1. The van der Waals surface area contributed by atoms with Gasteiger partial charge in [0.1, 0.15) is 11.9 Å². The van der Waals surface area contributed by atoms with E-state index in [4.69, 9.17) is 0 Å². The average molecular weight is 521 g/mol. The molecule has 2 aromatic rings. The molecule has 3 amide bonds. The molecule has 1 N–H and O–H groups in total. The van der Waals surface area contributed by atoms with Crippen LogP contribution in [-0.2, 0) is 20.9 Å². The van der Waals surface area contributed by atoms with E-state index < -0.39 is 66.0 Å². The van der Waals surface area contributed by atoms with Gasteiger partial charge in [-0.3, -0.25) is 9.78 Å². The third-order valence-electron chi connectivity index (χ3n) is 5.37. The van der Waals surface area contributed by atoms with E-state index >= 15 is 0 Å². The molecule has 4 rings (SSSR count). The number of carbonyl (C=O) groups excluding carboxylic acids is 3. The predicted molar refractivity (Wildman–Crippen MR) is 106 cm³/mol. The number of nitrogens with zero attached hydrogens (tertiary/aromatic N) is 3. The molecule has 2 fully saturated rings. The van der Waals surface area contributed by atoms with Gasteiger partial charge in [0.15, 0.2) is 5.54 Å². The van der Waals surface area contributed by atoms with E-state index in [1.807, 2.05) is 0 Å². The molecule has 2 aliphatic rings. The number of halogens is 6. The number of esters is 1. The molecule has 1 aliphatic heterocycles. The van der Waals surface area contributed by atoms with E-state index in [-0.39, 0.29) is 21.9 Å². The summed E-state index contributed by atoms with van der Waals surface area (Å²) in [6, 6.07) is 4.48. The monoisotopic (exact) mass is 521 g/mol. The van der Waals surface area contributed by atoms with E-state index in [0.29, 0.717) is 4.90 Å². The Hall–Kier alpha value is -3.49. The standard InChI is InChI=1S/C20H13F6N3O5S/c21-19(22,23)16(32)34-14-7-18(14)15(31)29(11-1-3-12(4-2-11)35-20(24,25)26)17(33)28(18)9-10-5-6-27-8-13(10)30/h1-6,8,14,30H,7,9H2. The zero-order valence-corrected chi connectivity index (χ0v) is 17.9. The Morgan fingerprint density at radius 2 is 1.80 bits per heavy atom. The fraction of sp³-hybridized carbons (Fsp3) is 0.300. The minimum atomic E-state index is -5.34. The van der Waals surface area contributed by atoms with E-state index in [1.54, 1.807) is 0 Å². The largest absolute Gasteiger partial charge is 0.506 e. The van der Waals surface area contributed by atoms with Crippen molar-refractivity contribution in [3.8, 4) is 5.75 Å². The lowest BCUT2D eigenvalue weighted by atomic mass is 10.1. The molecule has 15 heteroatoms. The van der Waals surface area contributed by atoms with Crippen LogP contribution in [0, 0.1) is 0 Å². The third kappa shape index (κ3) is 4.59. The number of hydrogen-bond acceptors (Lipinski definition) is 7. The van der Waals surface area contributed by atoms with E-state index in [0.717, 1.165) is 35.4 Å². The van der Waals surface area contributed by atoms with Gasteiger partial charge in [-0.25, -0.2) is 14.5 Å². The summed E-state index contributed by atoms with van der Waals surface area (Å²) in [5, 5.41) is 10.0. The summed E-state index contributed by atoms with van der Waals surface area (Å²) in [6.07, 6.45) is -5.08. The summed E-state index contributed by atoms with van der Waals surface area (Å²) in [5.41, 5.74) is -6.59. The van der Waals surface area contributed by atoms with Gasteiger partial charge in [0.05, 0.1) is 18.4 Å². The molecule has 0 bridgehead atoms. The number of thioether (sulfide) groups is 1. The minimum Gasteiger partial charge on any atom is -0.506 e. The molecule has 1 saturated heterocycles. The van der Waals surface area contributed by atoms with Gasteiger partial charge in [-0.2, -0.15) is 26.3 Å². The van der Waals surface area contributed by atoms with Crippen LogP contribution in [0.5, 0.6) is 5.75 Å². The second-order valence-corrected chi connectivity index (χ2v) is 8.71.